The Morgan fingerprint density at radius 1 is 0.833 bits per heavy atom. The highest BCUT2D eigenvalue weighted by Gasteiger charge is 2.04. The van der Waals surface area contributed by atoms with Crippen LogP contribution in [0.5, 0.6) is 5.75 Å². The van der Waals surface area contributed by atoms with Gasteiger partial charge in [-0.1, -0.05) is 32.1 Å². The summed E-state index contributed by atoms with van der Waals surface area (Å²) in [6.45, 7) is 2.05. The van der Waals surface area contributed by atoms with Gasteiger partial charge in [-0.3, -0.25) is 4.79 Å². The molecule has 1 aromatic carbocycles. The van der Waals surface area contributed by atoms with Gasteiger partial charge in [-0.25, -0.2) is 0 Å². The van der Waals surface area contributed by atoms with Crippen molar-refractivity contribution in [3.05, 3.63) is 29.8 Å². The molecule has 1 aromatic rings. The van der Waals surface area contributed by atoms with Gasteiger partial charge in [0.25, 0.3) is 0 Å². The molecule has 0 aliphatic carbocycles. The van der Waals surface area contributed by atoms with Crippen LogP contribution in [0.15, 0.2) is 24.3 Å². The number of nitrogens with zero attached hydrogens (tertiary/aromatic N) is 1. The summed E-state index contributed by atoms with van der Waals surface area (Å²) in [5.74, 6) is 0.854. The average Bonchev–Trinajstić information content (AvgIpc) is 2.52. The zero-order valence-corrected chi connectivity index (χ0v) is 17.2. The highest BCUT2D eigenvalue weighted by molar-refractivity contribution is 5.74. The first-order valence-electron chi connectivity index (χ1n) is 9.00. The molecule has 4 heteroatoms. The second kappa shape index (κ2) is 13.4. The third kappa shape index (κ3) is 12.5. The first kappa shape index (κ1) is 23.1. The van der Waals surface area contributed by atoms with Crippen LogP contribution in [-0.4, -0.2) is 45.1 Å². The zero-order valence-electron chi connectivity index (χ0n) is 15.6. The Labute approximate surface area is 158 Å². The van der Waals surface area contributed by atoms with Crippen LogP contribution >= 0.6 is 0 Å². The summed E-state index contributed by atoms with van der Waals surface area (Å²) in [6.07, 6.45) is 11.3. The number of ether oxygens (including phenoxy) is 1. The van der Waals surface area contributed by atoms with Crippen LogP contribution in [0.1, 0.15) is 61.7 Å². The van der Waals surface area contributed by atoms with E-state index >= 15 is 0 Å². The number of hydrogen-bond donors (Lipinski definition) is 0. The predicted molar refractivity (Wildman–Crippen MR) is 97.2 cm³/mol. The lowest BCUT2D eigenvalue weighted by molar-refractivity contribution is -0.870. The van der Waals surface area contributed by atoms with Crippen molar-refractivity contribution in [3.8, 4) is 5.75 Å². The summed E-state index contributed by atoms with van der Waals surface area (Å²) in [7, 11) is 6.79. The van der Waals surface area contributed by atoms with Gasteiger partial charge in [-0.15, -0.1) is 0 Å². The molecule has 0 fully saturated rings. The fourth-order valence-electron chi connectivity index (χ4n) is 2.58. The highest BCUT2D eigenvalue weighted by atomic mass is 79.9. The van der Waals surface area contributed by atoms with Gasteiger partial charge in [-0.05, 0) is 43.5 Å². The maximum absolute atomic E-state index is 10.6. The Morgan fingerprint density at radius 3 is 1.83 bits per heavy atom. The number of carbonyl (C=O) groups is 1. The summed E-state index contributed by atoms with van der Waals surface area (Å²) in [5.41, 5.74) is 0.693. The van der Waals surface area contributed by atoms with Crippen LogP contribution in [0.2, 0.25) is 0 Å². The van der Waals surface area contributed by atoms with Crippen LogP contribution in [0.25, 0.3) is 0 Å². The molecule has 0 heterocycles. The van der Waals surface area contributed by atoms with Crippen LogP contribution in [0, 0.1) is 0 Å². The Bertz CT molecular complexity index is 426. The monoisotopic (exact) mass is 399 g/mol. The predicted octanol–water partition coefficient (Wildman–Crippen LogP) is 1.71. The zero-order chi connectivity index (χ0) is 17.0. The van der Waals surface area contributed by atoms with E-state index in [1.165, 1.54) is 51.5 Å². The number of aldehydes is 1. The van der Waals surface area contributed by atoms with Crippen molar-refractivity contribution in [2.24, 2.45) is 0 Å². The minimum Gasteiger partial charge on any atom is -1.00 e. The van der Waals surface area contributed by atoms with Gasteiger partial charge in [0.1, 0.15) is 12.0 Å². The van der Waals surface area contributed by atoms with Crippen LogP contribution in [0.4, 0.5) is 0 Å². The lowest BCUT2D eigenvalue weighted by Gasteiger charge is -2.23. The molecule has 0 aliphatic rings. The van der Waals surface area contributed by atoms with Crippen molar-refractivity contribution in [3.63, 3.8) is 0 Å². The van der Waals surface area contributed by atoms with Crippen molar-refractivity contribution < 1.29 is 31.0 Å². The van der Waals surface area contributed by atoms with Gasteiger partial charge >= 0.3 is 0 Å². The fourth-order valence-corrected chi connectivity index (χ4v) is 2.58. The quantitative estimate of drug-likeness (QED) is 0.286. The minimum atomic E-state index is 0. The molecule has 138 valence electrons. The number of hydrogen-bond acceptors (Lipinski definition) is 2. The Kier molecular flexibility index (Phi) is 12.9. The standard InChI is InChI=1S/C20H34NO2.BrH/c1-21(2,3)16-10-8-6-4-5-7-9-11-17-23-20-14-12-19(18-22)13-15-20;/h12-15,18H,4-11,16-17H2,1-3H3;1H/q+1;/p-1. The molecule has 0 N–H and O–H groups in total. The number of halogens is 1. The molecule has 0 atom stereocenters. The van der Waals surface area contributed by atoms with Gasteiger partial charge in [0.2, 0.25) is 0 Å². The van der Waals surface area contributed by atoms with Crippen molar-refractivity contribution in [2.45, 2.75) is 51.4 Å². The largest absolute Gasteiger partial charge is 1.00 e. The van der Waals surface area contributed by atoms with E-state index in [2.05, 4.69) is 21.1 Å². The van der Waals surface area contributed by atoms with Crippen molar-refractivity contribution in [1.82, 2.24) is 0 Å². The minimum absolute atomic E-state index is 0. The number of rotatable bonds is 13. The molecule has 0 aromatic heterocycles. The molecular formula is C20H34BrNO2. The topological polar surface area (TPSA) is 26.3 Å². The molecule has 0 radical (unpaired) electrons. The van der Waals surface area contributed by atoms with E-state index in [0.717, 1.165) is 29.5 Å². The SMILES string of the molecule is C[N+](C)(C)CCCCCCCCCCOc1ccc(C=O)cc1.[Br-]. The summed E-state index contributed by atoms with van der Waals surface area (Å²) < 4.78 is 6.76. The van der Waals surface area contributed by atoms with Crippen molar-refractivity contribution in [1.29, 1.82) is 0 Å². The van der Waals surface area contributed by atoms with Crippen LogP contribution < -0.4 is 21.7 Å². The highest BCUT2D eigenvalue weighted by Crippen LogP contribution is 2.13. The van der Waals surface area contributed by atoms with Gasteiger partial charge in [0.05, 0.1) is 34.3 Å². The van der Waals surface area contributed by atoms with E-state index in [1.54, 1.807) is 12.1 Å². The molecule has 0 amide bonds. The number of benzene rings is 1. The lowest BCUT2D eigenvalue weighted by atomic mass is 10.1. The normalized spacial score (nSPS) is 11.0. The smallest absolute Gasteiger partial charge is 0.150 e. The summed E-state index contributed by atoms with van der Waals surface area (Å²) in [4.78, 5) is 10.6. The molecule has 0 spiro atoms. The van der Waals surface area contributed by atoms with Crippen molar-refractivity contribution in [2.75, 3.05) is 34.3 Å². The summed E-state index contributed by atoms with van der Waals surface area (Å²) in [5, 5.41) is 0. The maximum atomic E-state index is 10.6. The fraction of sp³-hybridized carbons (Fsp3) is 0.650. The molecule has 0 saturated carbocycles. The number of unbranched alkanes of at least 4 members (excludes halogenated alkanes) is 7. The van der Waals surface area contributed by atoms with Gasteiger partial charge in [0.15, 0.2) is 0 Å². The average molecular weight is 400 g/mol. The van der Waals surface area contributed by atoms with E-state index in [-0.39, 0.29) is 17.0 Å². The molecule has 0 bridgehead atoms. The second-order valence-electron chi connectivity index (χ2n) is 7.38. The van der Waals surface area contributed by atoms with Crippen LogP contribution in [-0.2, 0) is 0 Å². The number of quaternary nitrogens is 1. The van der Waals surface area contributed by atoms with Gasteiger partial charge < -0.3 is 26.2 Å². The first-order chi connectivity index (χ1) is 11.0. The third-order valence-corrected chi connectivity index (χ3v) is 4.01. The van der Waals surface area contributed by atoms with E-state index in [9.17, 15) is 4.79 Å². The Hall–Kier alpha value is -0.870. The summed E-state index contributed by atoms with van der Waals surface area (Å²) in [6, 6.07) is 7.31. The van der Waals surface area contributed by atoms with Crippen molar-refractivity contribution >= 4 is 6.29 Å². The molecule has 1 rings (SSSR count). The molecule has 24 heavy (non-hydrogen) atoms. The maximum Gasteiger partial charge on any atom is 0.150 e. The van der Waals surface area contributed by atoms with Crippen LogP contribution in [0.3, 0.4) is 0 Å². The third-order valence-electron chi connectivity index (χ3n) is 4.01. The molecular weight excluding hydrogens is 366 g/mol. The molecule has 0 aliphatic heterocycles. The van der Waals surface area contributed by atoms with E-state index < -0.39 is 0 Å². The second-order valence-corrected chi connectivity index (χ2v) is 7.38. The van der Waals surface area contributed by atoms with Gasteiger partial charge in [0, 0.05) is 5.56 Å². The Balaban J connectivity index is 0.00000529. The van der Waals surface area contributed by atoms with Gasteiger partial charge in [-0.2, -0.15) is 0 Å². The lowest BCUT2D eigenvalue weighted by Crippen LogP contribution is -3.00. The molecule has 3 nitrogen and oxygen atoms in total. The summed E-state index contributed by atoms with van der Waals surface area (Å²) >= 11 is 0. The van der Waals surface area contributed by atoms with E-state index in [0.29, 0.717) is 5.56 Å². The Morgan fingerprint density at radius 2 is 1.33 bits per heavy atom. The van der Waals surface area contributed by atoms with E-state index in [1.807, 2.05) is 12.1 Å². The molecule has 0 unspecified atom stereocenters. The molecule has 0 saturated heterocycles. The van der Waals surface area contributed by atoms with E-state index in [4.69, 9.17) is 4.74 Å². The first-order valence-corrected chi connectivity index (χ1v) is 9.00. The number of carbonyl (C=O) groups excluding carboxylic acids is 1.